The van der Waals surface area contributed by atoms with E-state index in [0.29, 0.717) is 5.69 Å². The summed E-state index contributed by atoms with van der Waals surface area (Å²) in [5.41, 5.74) is 1.70. The molecule has 0 unspecified atom stereocenters. The number of hydrogen-bond acceptors (Lipinski definition) is 5. The van der Waals surface area contributed by atoms with Gasteiger partial charge in [-0.3, -0.25) is 4.79 Å². The topological polar surface area (TPSA) is 120 Å². The van der Waals surface area contributed by atoms with E-state index in [1.54, 1.807) is 12.1 Å². The zero-order valence-corrected chi connectivity index (χ0v) is 14.4. The van der Waals surface area contributed by atoms with E-state index in [4.69, 9.17) is 11.2 Å². The fourth-order valence-electron chi connectivity index (χ4n) is 2.57. The molecule has 2 rings (SSSR count). The van der Waals surface area contributed by atoms with Crippen LogP contribution in [0.1, 0.15) is 12.0 Å². The number of urea groups is 1. The molecule has 140 valence electrons. The number of rotatable bonds is 6. The van der Waals surface area contributed by atoms with Gasteiger partial charge in [0, 0.05) is 12.2 Å². The molecular formula is C18H23N3O5. The summed E-state index contributed by atoms with van der Waals surface area (Å²) in [5, 5.41) is 27.7. The summed E-state index contributed by atoms with van der Waals surface area (Å²) >= 11 is 0. The molecule has 3 amide bonds. The van der Waals surface area contributed by atoms with E-state index in [2.05, 4.69) is 21.9 Å². The lowest BCUT2D eigenvalue weighted by Gasteiger charge is -2.15. The van der Waals surface area contributed by atoms with E-state index in [1.807, 2.05) is 19.1 Å². The predicted molar refractivity (Wildman–Crippen MR) is 95.3 cm³/mol. The molecule has 1 fully saturated rings. The highest BCUT2D eigenvalue weighted by Gasteiger charge is 2.43. The second kappa shape index (κ2) is 9.20. The number of hydrogen-bond donors (Lipinski definition) is 5. The number of amides is 3. The minimum absolute atomic E-state index is 0.0155. The van der Waals surface area contributed by atoms with Crippen molar-refractivity contribution < 1.29 is 24.5 Å². The summed E-state index contributed by atoms with van der Waals surface area (Å²) in [4.78, 5) is 23.6. The molecule has 0 radical (unpaired) electrons. The molecule has 4 atom stereocenters. The van der Waals surface area contributed by atoms with Crippen molar-refractivity contribution in [2.24, 2.45) is 0 Å². The molecule has 0 saturated carbocycles. The van der Waals surface area contributed by atoms with Crippen molar-refractivity contribution in [3.8, 4) is 12.3 Å². The predicted octanol–water partition coefficient (Wildman–Crippen LogP) is -0.255. The zero-order valence-electron chi connectivity index (χ0n) is 14.4. The van der Waals surface area contributed by atoms with Crippen LogP contribution in [0, 0.1) is 19.3 Å². The lowest BCUT2D eigenvalue weighted by molar-refractivity contribution is -0.124. The molecule has 0 spiro atoms. The van der Waals surface area contributed by atoms with Gasteiger partial charge in [-0.15, -0.1) is 6.42 Å². The number of carbonyl (C=O) groups is 2. The highest BCUT2D eigenvalue weighted by molar-refractivity contribution is 5.89. The first-order valence-corrected chi connectivity index (χ1v) is 8.24. The Morgan fingerprint density at radius 1 is 1.15 bits per heavy atom. The normalized spacial score (nSPS) is 24.5. The third-order valence-corrected chi connectivity index (χ3v) is 4.01. The molecular weight excluding hydrogens is 338 g/mol. The number of carbonyl (C=O) groups excluding carboxylic acids is 2. The number of benzene rings is 1. The lowest BCUT2D eigenvalue weighted by Crippen LogP contribution is -2.41. The largest absolute Gasteiger partial charge is 0.388 e. The minimum Gasteiger partial charge on any atom is -0.388 e. The number of aliphatic hydroxyl groups excluding tert-OH is 2. The van der Waals surface area contributed by atoms with Gasteiger partial charge in [-0.05, 0) is 19.1 Å². The Bertz CT molecular complexity index is 670. The lowest BCUT2D eigenvalue weighted by atomic mass is 10.1. The number of aryl methyl sites for hydroxylation is 1. The van der Waals surface area contributed by atoms with Crippen LogP contribution in [0.25, 0.3) is 0 Å². The van der Waals surface area contributed by atoms with E-state index in [9.17, 15) is 19.8 Å². The Labute approximate surface area is 151 Å². The summed E-state index contributed by atoms with van der Waals surface area (Å²) in [6, 6.07) is 6.81. The molecule has 1 aromatic rings. The minimum atomic E-state index is -1.22. The van der Waals surface area contributed by atoms with Crippen molar-refractivity contribution in [2.75, 3.05) is 18.4 Å². The number of aliphatic hydroxyl groups is 2. The summed E-state index contributed by atoms with van der Waals surface area (Å²) in [7, 11) is 0. The highest BCUT2D eigenvalue weighted by atomic mass is 16.5. The maximum Gasteiger partial charge on any atom is 0.319 e. The molecule has 1 heterocycles. The standard InChI is InChI=1S/C18H23N3O5/c1-3-8-19-15(22)9-13-16(23)17(24)14(26-13)10-20-18(25)21-12-6-4-11(2)5-7-12/h1,4-7,13-14,16-17,23-24H,8-10H2,2H3,(H,19,22)(H2,20,21,25)/t13-,14-,16-,17+/m0/s1. The first kappa shape index (κ1) is 19.7. The average molecular weight is 361 g/mol. The van der Waals surface area contributed by atoms with Crippen molar-refractivity contribution in [3.05, 3.63) is 29.8 Å². The van der Waals surface area contributed by atoms with Crippen LogP contribution in [0.5, 0.6) is 0 Å². The molecule has 1 saturated heterocycles. The van der Waals surface area contributed by atoms with Gasteiger partial charge < -0.3 is 30.9 Å². The van der Waals surface area contributed by atoms with Gasteiger partial charge in [0.2, 0.25) is 5.91 Å². The van der Waals surface area contributed by atoms with Gasteiger partial charge in [0.25, 0.3) is 0 Å². The summed E-state index contributed by atoms with van der Waals surface area (Å²) in [6.45, 7) is 2.00. The van der Waals surface area contributed by atoms with Crippen LogP contribution in [-0.4, -0.2) is 59.7 Å². The van der Waals surface area contributed by atoms with Crippen molar-refractivity contribution in [1.29, 1.82) is 0 Å². The van der Waals surface area contributed by atoms with Crippen LogP contribution in [0.3, 0.4) is 0 Å². The fraction of sp³-hybridized carbons (Fsp3) is 0.444. The smallest absolute Gasteiger partial charge is 0.319 e. The van der Waals surface area contributed by atoms with Crippen LogP contribution in [0.2, 0.25) is 0 Å². The Hall–Kier alpha value is -2.60. The number of ether oxygens (including phenoxy) is 1. The van der Waals surface area contributed by atoms with Crippen molar-refractivity contribution in [1.82, 2.24) is 10.6 Å². The maximum atomic E-state index is 11.9. The summed E-state index contributed by atoms with van der Waals surface area (Å²) < 4.78 is 5.50. The summed E-state index contributed by atoms with van der Waals surface area (Å²) in [6.07, 6.45) is 0.804. The Kier molecular flexibility index (Phi) is 6.97. The van der Waals surface area contributed by atoms with E-state index in [0.717, 1.165) is 5.56 Å². The summed E-state index contributed by atoms with van der Waals surface area (Å²) in [5.74, 6) is 1.88. The van der Waals surface area contributed by atoms with E-state index in [1.165, 1.54) is 0 Å². The molecule has 1 aliphatic heterocycles. The Balaban J connectivity index is 1.80. The van der Waals surface area contributed by atoms with Gasteiger partial charge in [0.1, 0.15) is 18.3 Å². The molecule has 0 aliphatic carbocycles. The van der Waals surface area contributed by atoms with E-state index >= 15 is 0 Å². The molecule has 5 N–H and O–H groups in total. The number of terminal acetylenes is 1. The van der Waals surface area contributed by atoms with Gasteiger partial charge in [-0.1, -0.05) is 23.6 Å². The van der Waals surface area contributed by atoms with Crippen molar-refractivity contribution >= 4 is 17.6 Å². The molecule has 1 aromatic carbocycles. The Morgan fingerprint density at radius 2 is 1.81 bits per heavy atom. The van der Waals surface area contributed by atoms with Crippen LogP contribution in [-0.2, 0) is 9.53 Å². The third kappa shape index (κ3) is 5.46. The second-order valence-electron chi connectivity index (χ2n) is 6.08. The first-order chi connectivity index (χ1) is 12.4. The van der Waals surface area contributed by atoms with Gasteiger partial charge in [-0.2, -0.15) is 0 Å². The maximum absolute atomic E-state index is 11.9. The van der Waals surface area contributed by atoms with Crippen molar-refractivity contribution in [3.63, 3.8) is 0 Å². The third-order valence-electron chi connectivity index (χ3n) is 4.01. The van der Waals surface area contributed by atoms with E-state index in [-0.39, 0.29) is 25.4 Å². The fourth-order valence-corrected chi connectivity index (χ4v) is 2.57. The highest BCUT2D eigenvalue weighted by Crippen LogP contribution is 2.23. The quantitative estimate of drug-likeness (QED) is 0.448. The molecule has 26 heavy (non-hydrogen) atoms. The van der Waals surface area contributed by atoms with Crippen molar-refractivity contribution in [2.45, 2.75) is 37.8 Å². The SMILES string of the molecule is C#CCNC(=O)C[C@@H]1O[C@@H](CNC(=O)Nc2ccc(C)cc2)[C@@H](O)[C@H]1O. The van der Waals surface area contributed by atoms with Crippen LogP contribution in [0.4, 0.5) is 10.5 Å². The van der Waals surface area contributed by atoms with E-state index < -0.39 is 30.4 Å². The van der Waals surface area contributed by atoms with Gasteiger partial charge >= 0.3 is 6.03 Å². The second-order valence-corrected chi connectivity index (χ2v) is 6.08. The molecule has 1 aliphatic rings. The molecule has 0 bridgehead atoms. The average Bonchev–Trinajstić information content (AvgIpc) is 2.88. The monoisotopic (exact) mass is 361 g/mol. The van der Waals surface area contributed by atoms with Crippen LogP contribution < -0.4 is 16.0 Å². The molecule has 0 aromatic heterocycles. The van der Waals surface area contributed by atoms with Gasteiger partial charge in [-0.25, -0.2) is 4.79 Å². The van der Waals surface area contributed by atoms with Gasteiger partial charge in [0.15, 0.2) is 0 Å². The number of nitrogens with one attached hydrogen (secondary N) is 3. The van der Waals surface area contributed by atoms with Crippen LogP contribution >= 0.6 is 0 Å². The number of anilines is 1. The van der Waals surface area contributed by atoms with Crippen LogP contribution in [0.15, 0.2) is 24.3 Å². The van der Waals surface area contributed by atoms with Gasteiger partial charge in [0.05, 0.1) is 19.1 Å². The Morgan fingerprint density at radius 3 is 2.46 bits per heavy atom. The zero-order chi connectivity index (χ0) is 19.1. The molecule has 8 heteroatoms. The first-order valence-electron chi connectivity index (χ1n) is 8.24. The molecule has 8 nitrogen and oxygen atoms in total.